The Morgan fingerprint density at radius 1 is 0.212 bits per heavy atom. The average molecular weight is 730 g/mol. The van der Waals surface area contributed by atoms with Crippen molar-refractivity contribution in [2.24, 2.45) is 5.92 Å². The maximum atomic E-state index is 4.20. The fourth-order valence-corrected chi connectivity index (χ4v) is 8.81. The highest BCUT2D eigenvalue weighted by Gasteiger charge is 2.07. The van der Waals surface area contributed by atoms with Gasteiger partial charge in [-0.05, 0) is 5.92 Å². The molecule has 0 heteroatoms. The lowest BCUT2D eigenvalue weighted by molar-refractivity contribution is 0.381. The van der Waals surface area contributed by atoms with Crippen molar-refractivity contribution >= 4 is 0 Å². The first-order chi connectivity index (χ1) is 25.8. The van der Waals surface area contributed by atoms with Crippen LogP contribution in [0.15, 0.2) is 0 Å². The minimum absolute atomic E-state index is 0.965. The highest BCUT2D eigenvalue weighted by molar-refractivity contribution is 4.62. The summed E-state index contributed by atoms with van der Waals surface area (Å²) < 4.78 is 0. The van der Waals surface area contributed by atoms with E-state index in [2.05, 4.69) is 20.8 Å². The molecule has 0 unspecified atom stereocenters. The molecule has 0 aromatic rings. The van der Waals surface area contributed by atoms with E-state index in [1.165, 1.54) is 302 Å². The summed E-state index contributed by atoms with van der Waals surface area (Å²) >= 11 is 0. The molecule has 0 aromatic heterocycles. The summed E-state index contributed by atoms with van der Waals surface area (Å²) in [6.07, 6.45) is 70.5. The van der Waals surface area contributed by atoms with Gasteiger partial charge in [-0.25, -0.2) is 0 Å². The zero-order chi connectivity index (χ0) is 37.5. The molecule has 0 amide bonds. The van der Waals surface area contributed by atoms with E-state index in [-0.39, 0.29) is 0 Å². The van der Waals surface area contributed by atoms with Crippen LogP contribution in [0.5, 0.6) is 0 Å². The van der Waals surface area contributed by atoms with Crippen molar-refractivity contribution in [3.05, 3.63) is 6.92 Å². The monoisotopic (exact) mass is 730 g/mol. The maximum absolute atomic E-state index is 4.20. The Labute approximate surface area is 333 Å². The Morgan fingerprint density at radius 3 is 0.519 bits per heavy atom. The predicted octanol–water partition coefficient (Wildman–Crippen LogP) is 20.2. The van der Waals surface area contributed by atoms with Crippen LogP contribution in [0, 0.1) is 12.8 Å². The first kappa shape index (κ1) is 52.0. The van der Waals surface area contributed by atoms with Gasteiger partial charge < -0.3 is 0 Å². The van der Waals surface area contributed by atoms with Gasteiger partial charge in [-0.3, -0.25) is 0 Å². The van der Waals surface area contributed by atoms with Gasteiger partial charge in [0.15, 0.2) is 0 Å². The van der Waals surface area contributed by atoms with Gasteiger partial charge in [-0.2, -0.15) is 0 Å². The Balaban J connectivity index is 3.31. The molecule has 0 heterocycles. The van der Waals surface area contributed by atoms with Crippen LogP contribution >= 0.6 is 0 Å². The van der Waals surface area contributed by atoms with E-state index >= 15 is 0 Å². The van der Waals surface area contributed by atoms with Gasteiger partial charge >= 0.3 is 0 Å². The van der Waals surface area contributed by atoms with Crippen molar-refractivity contribution in [2.75, 3.05) is 0 Å². The first-order valence-electron chi connectivity index (χ1n) is 25.6. The summed E-state index contributed by atoms with van der Waals surface area (Å²) in [5.74, 6) is 0.965. The van der Waals surface area contributed by atoms with Crippen molar-refractivity contribution in [1.82, 2.24) is 0 Å². The van der Waals surface area contributed by atoms with Crippen molar-refractivity contribution < 1.29 is 0 Å². The number of hydrogen-bond donors (Lipinski definition) is 0. The largest absolute Gasteiger partial charge is 0.0654 e. The van der Waals surface area contributed by atoms with Gasteiger partial charge in [-0.15, -0.1) is 0 Å². The summed E-state index contributed by atoms with van der Waals surface area (Å²) in [5.41, 5.74) is 0. The summed E-state index contributed by atoms with van der Waals surface area (Å²) in [6.45, 7) is 8.83. The fourth-order valence-electron chi connectivity index (χ4n) is 8.81. The molecule has 313 valence electrons. The SMILES string of the molecule is [CH2]CCC(CCCCCCCCCCCCCCCCCCCCCCCC)CCCCCCCCCCCCCCCCCCCCCCCC. The molecule has 0 nitrogen and oxygen atoms in total. The van der Waals surface area contributed by atoms with Crippen molar-refractivity contribution in [1.29, 1.82) is 0 Å². The van der Waals surface area contributed by atoms with Gasteiger partial charge in [0.1, 0.15) is 0 Å². The number of rotatable bonds is 48. The summed E-state index contributed by atoms with van der Waals surface area (Å²) in [4.78, 5) is 0. The lowest BCUT2D eigenvalue weighted by Crippen LogP contribution is -2.00. The van der Waals surface area contributed by atoms with Gasteiger partial charge in [-0.1, -0.05) is 329 Å². The van der Waals surface area contributed by atoms with Crippen LogP contribution in [0.3, 0.4) is 0 Å². The highest BCUT2D eigenvalue weighted by atomic mass is 14.1. The summed E-state index contributed by atoms with van der Waals surface area (Å²) in [7, 11) is 0. The fraction of sp³-hybridized carbons (Fsp3) is 0.981. The molecule has 0 N–H and O–H groups in total. The van der Waals surface area contributed by atoms with Crippen molar-refractivity contribution in [3.63, 3.8) is 0 Å². The Morgan fingerprint density at radius 2 is 0.365 bits per heavy atom. The second-order valence-corrected chi connectivity index (χ2v) is 17.9. The van der Waals surface area contributed by atoms with Gasteiger partial charge in [0.05, 0.1) is 0 Å². The molecular weight excluding hydrogens is 625 g/mol. The molecule has 0 rings (SSSR count). The molecule has 0 saturated heterocycles. The standard InChI is InChI=1S/C52H105/c1-4-7-9-11-13-15-17-19-21-23-25-27-29-31-33-35-37-39-41-43-45-47-50-52(49-6-3)51-48-46-44-42-40-38-36-34-32-30-28-26-24-22-20-18-16-14-12-10-8-5-2/h52H,3-51H2,1-2H3. The molecule has 0 aromatic carbocycles. The molecule has 0 aliphatic heterocycles. The third-order valence-corrected chi connectivity index (χ3v) is 12.5. The Bertz CT molecular complexity index is 531. The van der Waals surface area contributed by atoms with E-state index in [0.29, 0.717) is 0 Å². The lowest BCUT2D eigenvalue weighted by atomic mass is 9.90. The molecule has 0 aliphatic rings. The van der Waals surface area contributed by atoms with Gasteiger partial charge in [0, 0.05) is 0 Å². The smallest absolute Gasteiger partial charge is 0.0414 e. The van der Waals surface area contributed by atoms with Crippen LogP contribution in [-0.2, 0) is 0 Å². The Hall–Kier alpha value is 0. The molecule has 0 atom stereocenters. The van der Waals surface area contributed by atoms with Crippen LogP contribution in [0.1, 0.15) is 322 Å². The third-order valence-electron chi connectivity index (χ3n) is 12.5. The summed E-state index contributed by atoms with van der Waals surface area (Å²) in [6, 6.07) is 0. The van der Waals surface area contributed by atoms with Crippen LogP contribution < -0.4 is 0 Å². The first-order valence-corrected chi connectivity index (χ1v) is 25.6. The molecule has 52 heavy (non-hydrogen) atoms. The van der Waals surface area contributed by atoms with Gasteiger partial charge in [0.25, 0.3) is 0 Å². The normalized spacial score (nSPS) is 11.8. The topological polar surface area (TPSA) is 0 Å². The predicted molar refractivity (Wildman–Crippen MR) is 242 cm³/mol. The molecule has 1 radical (unpaired) electrons. The van der Waals surface area contributed by atoms with Crippen LogP contribution in [-0.4, -0.2) is 0 Å². The zero-order valence-electron chi connectivity index (χ0n) is 37.2. The zero-order valence-corrected chi connectivity index (χ0v) is 37.2. The number of unbranched alkanes of at least 4 members (excludes halogenated alkanes) is 42. The van der Waals surface area contributed by atoms with Crippen molar-refractivity contribution in [2.45, 2.75) is 322 Å². The van der Waals surface area contributed by atoms with Gasteiger partial charge in [0.2, 0.25) is 0 Å². The molecule has 0 bridgehead atoms. The minimum atomic E-state index is 0.965. The van der Waals surface area contributed by atoms with Crippen molar-refractivity contribution in [3.8, 4) is 0 Å². The quantitative estimate of drug-likeness (QED) is 0.0547. The Kier molecular flexibility index (Phi) is 49.0. The molecule has 0 fully saturated rings. The van der Waals surface area contributed by atoms with Crippen LogP contribution in [0.2, 0.25) is 0 Å². The number of hydrogen-bond acceptors (Lipinski definition) is 0. The second kappa shape index (κ2) is 49.0. The van der Waals surface area contributed by atoms with Crippen LogP contribution in [0.25, 0.3) is 0 Å². The summed E-state index contributed by atoms with van der Waals surface area (Å²) in [5, 5.41) is 0. The van der Waals surface area contributed by atoms with E-state index in [1.54, 1.807) is 0 Å². The molecule has 0 saturated carbocycles. The van der Waals surface area contributed by atoms with E-state index < -0.39 is 0 Å². The van der Waals surface area contributed by atoms with E-state index in [4.69, 9.17) is 0 Å². The van der Waals surface area contributed by atoms with E-state index in [9.17, 15) is 0 Å². The van der Waals surface area contributed by atoms with E-state index in [1.807, 2.05) is 0 Å². The maximum Gasteiger partial charge on any atom is -0.0414 e. The third kappa shape index (κ3) is 46.2. The highest BCUT2D eigenvalue weighted by Crippen LogP contribution is 2.24. The minimum Gasteiger partial charge on any atom is -0.0654 e. The molecule has 0 aliphatic carbocycles. The lowest BCUT2D eigenvalue weighted by Gasteiger charge is -2.16. The molecule has 0 spiro atoms. The molecular formula is C52H105. The van der Waals surface area contributed by atoms with Crippen LogP contribution in [0.4, 0.5) is 0 Å². The second-order valence-electron chi connectivity index (χ2n) is 17.9. The average Bonchev–Trinajstić information content (AvgIpc) is 3.15. The van der Waals surface area contributed by atoms with E-state index in [0.717, 1.165) is 12.3 Å².